The Labute approximate surface area is 93.8 Å². The van der Waals surface area contributed by atoms with Crippen molar-refractivity contribution in [3.63, 3.8) is 0 Å². The van der Waals surface area contributed by atoms with E-state index in [2.05, 4.69) is 19.2 Å². The molecule has 0 aromatic rings. The largest absolute Gasteiger partial charge is 0.359 e. The standard InChI is InChI=1S/C13H25NO/c1-10(2)12(13(15)14-3)9-8-11-6-4-5-7-11/h10-12H,4-9H2,1-3H3,(H,14,15). The predicted molar refractivity (Wildman–Crippen MR) is 63.6 cm³/mol. The van der Waals surface area contributed by atoms with Crippen molar-refractivity contribution in [2.45, 2.75) is 52.4 Å². The second-order valence-electron chi connectivity index (χ2n) is 5.19. The first-order valence-electron chi connectivity index (χ1n) is 6.36. The Morgan fingerprint density at radius 2 is 1.93 bits per heavy atom. The monoisotopic (exact) mass is 211 g/mol. The summed E-state index contributed by atoms with van der Waals surface area (Å²) in [7, 11) is 1.74. The molecular weight excluding hydrogens is 186 g/mol. The first-order valence-corrected chi connectivity index (χ1v) is 6.36. The summed E-state index contributed by atoms with van der Waals surface area (Å²) in [5.74, 6) is 1.81. The maximum atomic E-state index is 11.6. The van der Waals surface area contributed by atoms with Gasteiger partial charge in [0.25, 0.3) is 0 Å². The fraction of sp³-hybridized carbons (Fsp3) is 0.923. The Morgan fingerprint density at radius 1 is 1.33 bits per heavy atom. The van der Waals surface area contributed by atoms with E-state index in [0.717, 1.165) is 12.3 Å². The van der Waals surface area contributed by atoms with Gasteiger partial charge in [-0.1, -0.05) is 39.5 Å². The SMILES string of the molecule is CNC(=O)C(CCC1CCCC1)C(C)C. The van der Waals surface area contributed by atoms with E-state index in [-0.39, 0.29) is 11.8 Å². The summed E-state index contributed by atoms with van der Waals surface area (Å²) in [6, 6.07) is 0. The average Bonchev–Trinajstić information content (AvgIpc) is 2.70. The Bertz CT molecular complexity index is 195. The van der Waals surface area contributed by atoms with E-state index >= 15 is 0 Å². The molecule has 1 rings (SSSR count). The maximum Gasteiger partial charge on any atom is 0.223 e. The van der Waals surface area contributed by atoms with E-state index < -0.39 is 0 Å². The van der Waals surface area contributed by atoms with Crippen molar-refractivity contribution in [3.8, 4) is 0 Å². The van der Waals surface area contributed by atoms with Crippen LogP contribution in [0.1, 0.15) is 52.4 Å². The minimum Gasteiger partial charge on any atom is -0.359 e. The van der Waals surface area contributed by atoms with Crippen molar-refractivity contribution in [2.75, 3.05) is 7.05 Å². The average molecular weight is 211 g/mol. The van der Waals surface area contributed by atoms with Crippen molar-refractivity contribution in [1.29, 1.82) is 0 Å². The van der Waals surface area contributed by atoms with Crippen molar-refractivity contribution < 1.29 is 4.79 Å². The lowest BCUT2D eigenvalue weighted by atomic mass is 9.87. The Morgan fingerprint density at radius 3 is 2.40 bits per heavy atom. The van der Waals surface area contributed by atoms with Crippen molar-refractivity contribution >= 4 is 5.91 Å². The predicted octanol–water partition coefficient (Wildman–Crippen LogP) is 2.98. The summed E-state index contributed by atoms with van der Waals surface area (Å²) in [6.45, 7) is 4.29. The molecule has 0 aliphatic heterocycles. The van der Waals surface area contributed by atoms with Gasteiger partial charge in [-0.3, -0.25) is 4.79 Å². The summed E-state index contributed by atoms with van der Waals surface area (Å²) in [5.41, 5.74) is 0. The van der Waals surface area contributed by atoms with Crippen LogP contribution in [0, 0.1) is 17.8 Å². The smallest absolute Gasteiger partial charge is 0.223 e. The van der Waals surface area contributed by atoms with Gasteiger partial charge in [0.15, 0.2) is 0 Å². The molecule has 1 fully saturated rings. The fourth-order valence-electron chi connectivity index (χ4n) is 2.67. The number of nitrogens with one attached hydrogen (secondary N) is 1. The molecule has 1 amide bonds. The Kier molecular flexibility index (Phi) is 5.13. The van der Waals surface area contributed by atoms with Crippen LogP contribution < -0.4 is 5.32 Å². The van der Waals surface area contributed by atoms with E-state index in [1.807, 2.05) is 0 Å². The summed E-state index contributed by atoms with van der Waals surface area (Å²) in [6.07, 6.45) is 7.89. The lowest BCUT2D eigenvalue weighted by Gasteiger charge is -2.20. The molecule has 0 radical (unpaired) electrons. The lowest BCUT2D eigenvalue weighted by Crippen LogP contribution is -2.31. The molecule has 1 unspecified atom stereocenters. The highest BCUT2D eigenvalue weighted by Gasteiger charge is 2.23. The molecular formula is C13H25NO. The number of hydrogen-bond acceptors (Lipinski definition) is 1. The van der Waals surface area contributed by atoms with Crippen LogP contribution in [-0.4, -0.2) is 13.0 Å². The number of hydrogen-bond donors (Lipinski definition) is 1. The molecule has 0 heterocycles. The zero-order valence-electron chi connectivity index (χ0n) is 10.4. The minimum atomic E-state index is 0.218. The van der Waals surface area contributed by atoms with Gasteiger partial charge >= 0.3 is 0 Å². The van der Waals surface area contributed by atoms with Crippen molar-refractivity contribution in [1.82, 2.24) is 5.32 Å². The topological polar surface area (TPSA) is 29.1 Å². The first kappa shape index (κ1) is 12.5. The van der Waals surface area contributed by atoms with Crippen LogP contribution in [0.15, 0.2) is 0 Å². The molecule has 1 aliphatic carbocycles. The van der Waals surface area contributed by atoms with Gasteiger partial charge in [-0.25, -0.2) is 0 Å². The van der Waals surface area contributed by atoms with Crippen LogP contribution >= 0.6 is 0 Å². The highest BCUT2D eigenvalue weighted by molar-refractivity contribution is 5.78. The molecule has 0 saturated heterocycles. The van der Waals surface area contributed by atoms with Crippen LogP contribution in [-0.2, 0) is 4.79 Å². The normalized spacial score (nSPS) is 19.5. The number of rotatable bonds is 5. The first-order chi connectivity index (χ1) is 7.15. The van der Waals surface area contributed by atoms with Gasteiger partial charge < -0.3 is 5.32 Å². The molecule has 0 aromatic carbocycles. The maximum absolute atomic E-state index is 11.6. The van der Waals surface area contributed by atoms with Crippen LogP contribution in [0.2, 0.25) is 0 Å². The summed E-state index contributed by atoms with van der Waals surface area (Å²) >= 11 is 0. The zero-order valence-corrected chi connectivity index (χ0v) is 10.4. The molecule has 0 bridgehead atoms. The van der Waals surface area contributed by atoms with Gasteiger partial charge in [-0.2, -0.15) is 0 Å². The van der Waals surface area contributed by atoms with Crippen molar-refractivity contribution in [3.05, 3.63) is 0 Å². The molecule has 0 spiro atoms. The quantitative estimate of drug-likeness (QED) is 0.744. The van der Waals surface area contributed by atoms with E-state index in [4.69, 9.17) is 0 Å². The molecule has 2 heteroatoms. The third kappa shape index (κ3) is 3.84. The van der Waals surface area contributed by atoms with E-state index in [1.165, 1.54) is 32.1 Å². The molecule has 2 nitrogen and oxygen atoms in total. The Balaban J connectivity index is 2.33. The third-order valence-corrected chi connectivity index (χ3v) is 3.75. The van der Waals surface area contributed by atoms with Crippen LogP contribution in [0.3, 0.4) is 0 Å². The van der Waals surface area contributed by atoms with Gasteiger partial charge in [-0.05, 0) is 24.7 Å². The second-order valence-corrected chi connectivity index (χ2v) is 5.19. The Hall–Kier alpha value is -0.530. The van der Waals surface area contributed by atoms with Gasteiger partial charge in [-0.15, -0.1) is 0 Å². The summed E-state index contributed by atoms with van der Waals surface area (Å²) in [5, 5.41) is 2.78. The van der Waals surface area contributed by atoms with Gasteiger partial charge in [0.05, 0.1) is 0 Å². The minimum absolute atomic E-state index is 0.218. The molecule has 15 heavy (non-hydrogen) atoms. The number of amides is 1. The molecule has 0 aromatic heterocycles. The fourth-order valence-corrected chi connectivity index (χ4v) is 2.67. The second kappa shape index (κ2) is 6.14. The van der Waals surface area contributed by atoms with Crippen LogP contribution in [0.5, 0.6) is 0 Å². The lowest BCUT2D eigenvalue weighted by molar-refractivity contribution is -0.126. The molecule has 88 valence electrons. The van der Waals surface area contributed by atoms with E-state index in [1.54, 1.807) is 7.05 Å². The van der Waals surface area contributed by atoms with E-state index in [9.17, 15) is 4.79 Å². The van der Waals surface area contributed by atoms with Gasteiger partial charge in [0, 0.05) is 13.0 Å². The molecule has 1 atom stereocenters. The highest BCUT2D eigenvalue weighted by Crippen LogP contribution is 2.31. The highest BCUT2D eigenvalue weighted by atomic mass is 16.1. The molecule has 1 aliphatic rings. The zero-order chi connectivity index (χ0) is 11.3. The van der Waals surface area contributed by atoms with Gasteiger partial charge in [0.2, 0.25) is 5.91 Å². The molecule has 1 saturated carbocycles. The number of carbonyl (C=O) groups is 1. The summed E-state index contributed by atoms with van der Waals surface area (Å²) < 4.78 is 0. The van der Waals surface area contributed by atoms with Crippen LogP contribution in [0.4, 0.5) is 0 Å². The van der Waals surface area contributed by atoms with E-state index in [0.29, 0.717) is 5.92 Å². The summed E-state index contributed by atoms with van der Waals surface area (Å²) in [4.78, 5) is 11.6. The van der Waals surface area contributed by atoms with Crippen LogP contribution in [0.25, 0.3) is 0 Å². The number of carbonyl (C=O) groups excluding carboxylic acids is 1. The molecule has 1 N–H and O–H groups in total. The van der Waals surface area contributed by atoms with Crippen molar-refractivity contribution in [2.24, 2.45) is 17.8 Å². The van der Waals surface area contributed by atoms with Gasteiger partial charge in [0.1, 0.15) is 0 Å². The third-order valence-electron chi connectivity index (χ3n) is 3.75.